The Morgan fingerprint density at radius 2 is 1.91 bits per heavy atom. The van der Waals surface area contributed by atoms with Crippen LogP contribution in [0.1, 0.15) is 30.9 Å². The highest BCUT2D eigenvalue weighted by Gasteiger charge is 2.24. The molecule has 0 heterocycles. The second-order valence-corrected chi connectivity index (χ2v) is 7.98. The van der Waals surface area contributed by atoms with Gasteiger partial charge in [0.1, 0.15) is 6.04 Å². The number of carboxylic acid groups (broad SMARTS) is 1. The summed E-state index contributed by atoms with van der Waals surface area (Å²) in [5, 5.41) is 8.88. The Bertz CT molecular complexity index is 726. The molecule has 2 rings (SSSR count). The zero-order valence-electron chi connectivity index (χ0n) is 13.3. The third-order valence-electron chi connectivity index (χ3n) is 4.35. The molecule has 0 radical (unpaired) electrons. The van der Waals surface area contributed by atoms with Crippen LogP contribution < -0.4 is 0 Å². The van der Waals surface area contributed by atoms with E-state index in [1.165, 1.54) is 19.5 Å². The van der Waals surface area contributed by atoms with Gasteiger partial charge in [-0.05, 0) is 49.4 Å². The normalized spacial score (nSPS) is 15.0. The van der Waals surface area contributed by atoms with E-state index in [-0.39, 0.29) is 17.1 Å². The Morgan fingerprint density at radius 1 is 1.26 bits per heavy atom. The average Bonchev–Trinajstić information content (AvgIpc) is 2.98. The number of carbonyl (C=O) groups is 2. The standard InChI is InChI=1S/C16H21NO5S/c1-11(16(19)20)17(2)15(18)8-9-23(21,22)14-7-6-12-4-3-5-13(12)10-14/h6-7,10-11H,3-5,8-9H2,1-2H3,(H,19,20). The number of carbonyl (C=O) groups excluding carboxylic acids is 1. The van der Waals surface area contributed by atoms with Gasteiger partial charge < -0.3 is 10.0 Å². The van der Waals surface area contributed by atoms with Gasteiger partial charge >= 0.3 is 5.97 Å². The van der Waals surface area contributed by atoms with E-state index in [1.54, 1.807) is 12.1 Å². The van der Waals surface area contributed by atoms with Crippen molar-refractivity contribution in [2.45, 2.75) is 43.5 Å². The summed E-state index contributed by atoms with van der Waals surface area (Å²) in [7, 11) is -2.19. The Kier molecular flexibility index (Phi) is 5.09. The fourth-order valence-corrected chi connectivity index (χ4v) is 3.92. The second-order valence-electron chi connectivity index (χ2n) is 5.87. The summed E-state index contributed by atoms with van der Waals surface area (Å²) in [5.74, 6) is -1.94. The summed E-state index contributed by atoms with van der Waals surface area (Å²) < 4.78 is 24.8. The van der Waals surface area contributed by atoms with Crippen molar-refractivity contribution in [1.82, 2.24) is 4.90 Å². The lowest BCUT2D eigenvalue weighted by atomic mass is 10.1. The van der Waals surface area contributed by atoms with Crippen molar-refractivity contribution in [2.24, 2.45) is 0 Å². The molecule has 7 heteroatoms. The first-order valence-electron chi connectivity index (χ1n) is 7.55. The highest BCUT2D eigenvalue weighted by atomic mass is 32.2. The third kappa shape index (κ3) is 3.90. The molecule has 0 bridgehead atoms. The van der Waals surface area contributed by atoms with E-state index >= 15 is 0 Å². The van der Waals surface area contributed by atoms with Gasteiger partial charge in [0.15, 0.2) is 9.84 Å². The van der Waals surface area contributed by atoms with Gasteiger partial charge in [0.25, 0.3) is 0 Å². The van der Waals surface area contributed by atoms with Crippen molar-refractivity contribution in [1.29, 1.82) is 0 Å². The largest absolute Gasteiger partial charge is 0.480 e. The average molecular weight is 339 g/mol. The van der Waals surface area contributed by atoms with Crippen molar-refractivity contribution in [3.05, 3.63) is 29.3 Å². The number of rotatable bonds is 6. The summed E-state index contributed by atoms with van der Waals surface area (Å²) >= 11 is 0. The molecular formula is C16H21NO5S. The molecule has 0 aliphatic heterocycles. The molecular weight excluding hydrogens is 318 g/mol. The number of nitrogens with zero attached hydrogens (tertiary/aromatic N) is 1. The molecule has 0 saturated heterocycles. The van der Waals surface area contributed by atoms with Crippen LogP contribution in [0.3, 0.4) is 0 Å². The number of likely N-dealkylation sites (N-methyl/N-ethyl adjacent to an activating group) is 1. The van der Waals surface area contributed by atoms with Gasteiger partial charge in [-0.2, -0.15) is 0 Å². The van der Waals surface area contributed by atoms with Crippen LogP contribution in [-0.4, -0.2) is 49.1 Å². The Balaban J connectivity index is 2.04. The summed E-state index contributed by atoms with van der Waals surface area (Å²) in [4.78, 5) is 24.1. The SMILES string of the molecule is CC(C(=O)O)N(C)C(=O)CCS(=O)(=O)c1ccc2c(c1)CCC2. The van der Waals surface area contributed by atoms with Crippen LogP contribution in [0.4, 0.5) is 0 Å². The zero-order valence-corrected chi connectivity index (χ0v) is 14.1. The molecule has 6 nitrogen and oxygen atoms in total. The molecule has 0 aromatic heterocycles. The van der Waals surface area contributed by atoms with Crippen LogP contribution in [-0.2, 0) is 32.3 Å². The van der Waals surface area contributed by atoms with E-state index < -0.39 is 27.8 Å². The van der Waals surface area contributed by atoms with Gasteiger partial charge in [-0.15, -0.1) is 0 Å². The molecule has 1 aromatic rings. The zero-order chi connectivity index (χ0) is 17.2. The molecule has 1 amide bonds. The summed E-state index contributed by atoms with van der Waals surface area (Å²) in [6, 6.07) is 4.15. The van der Waals surface area contributed by atoms with Gasteiger partial charge in [-0.3, -0.25) is 4.79 Å². The monoisotopic (exact) mass is 339 g/mol. The molecule has 1 unspecified atom stereocenters. The number of hydrogen-bond acceptors (Lipinski definition) is 4. The number of carboxylic acids is 1. The minimum Gasteiger partial charge on any atom is -0.480 e. The number of aryl methyl sites for hydroxylation is 2. The van der Waals surface area contributed by atoms with Gasteiger partial charge in [-0.1, -0.05) is 6.07 Å². The maximum Gasteiger partial charge on any atom is 0.326 e. The highest BCUT2D eigenvalue weighted by Crippen LogP contribution is 2.25. The van der Waals surface area contributed by atoms with E-state index in [0.717, 1.165) is 29.7 Å². The lowest BCUT2D eigenvalue weighted by Crippen LogP contribution is -2.40. The van der Waals surface area contributed by atoms with Crippen LogP contribution in [0.25, 0.3) is 0 Å². The number of aliphatic carboxylic acids is 1. The minimum absolute atomic E-state index is 0.229. The summed E-state index contributed by atoms with van der Waals surface area (Å²) in [6.07, 6.45) is 2.67. The number of hydrogen-bond donors (Lipinski definition) is 1. The highest BCUT2D eigenvalue weighted by molar-refractivity contribution is 7.91. The predicted molar refractivity (Wildman–Crippen MR) is 85.0 cm³/mol. The fraction of sp³-hybridized carbons (Fsp3) is 0.500. The van der Waals surface area contributed by atoms with Crippen LogP contribution in [0.15, 0.2) is 23.1 Å². The Hall–Kier alpha value is -1.89. The molecule has 1 atom stereocenters. The molecule has 126 valence electrons. The van der Waals surface area contributed by atoms with E-state index in [1.807, 2.05) is 6.07 Å². The van der Waals surface area contributed by atoms with Gasteiger partial charge in [-0.25, -0.2) is 13.2 Å². The lowest BCUT2D eigenvalue weighted by molar-refractivity contribution is -0.148. The molecule has 23 heavy (non-hydrogen) atoms. The van der Waals surface area contributed by atoms with Crippen molar-refractivity contribution in [3.63, 3.8) is 0 Å². The van der Waals surface area contributed by atoms with Crippen molar-refractivity contribution in [2.75, 3.05) is 12.8 Å². The van der Waals surface area contributed by atoms with E-state index in [0.29, 0.717) is 0 Å². The number of amides is 1. The molecule has 1 aliphatic rings. The van der Waals surface area contributed by atoms with Gasteiger partial charge in [0.05, 0.1) is 10.6 Å². The molecule has 1 aromatic carbocycles. The molecule has 0 spiro atoms. The lowest BCUT2D eigenvalue weighted by Gasteiger charge is -2.21. The third-order valence-corrected chi connectivity index (χ3v) is 6.06. The number of fused-ring (bicyclic) bond motifs is 1. The van der Waals surface area contributed by atoms with Gasteiger partial charge in [0.2, 0.25) is 5.91 Å². The minimum atomic E-state index is -3.55. The van der Waals surface area contributed by atoms with Crippen LogP contribution in [0.5, 0.6) is 0 Å². The molecule has 0 saturated carbocycles. The maximum absolute atomic E-state index is 12.4. The predicted octanol–water partition coefficient (Wildman–Crippen LogP) is 1.27. The first-order valence-corrected chi connectivity index (χ1v) is 9.20. The summed E-state index contributed by atoms with van der Waals surface area (Å²) in [5.41, 5.74) is 2.25. The van der Waals surface area contributed by atoms with Crippen molar-refractivity contribution >= 4 is 21.7 Å². The van der Waals surface area contributed by atoms with E-state index in [4.69, 9.17) is 5.11 Å². The molecule has 0 fully saturated rings. The Labute approximate surface area is 136 Å². The van der Waals surface area contributed by atoms with Crippen LogP contribution in [0.2, 0.25) is 0 Å². The van der Waals surface area contributed by atoms with E-state index in [2.05, 4.69) is 0 Å². The number of benzene rings is 1. The van der Waals surface area contributed by atoms with Crippen LogP contribution in [0, 0.1) is 0 Å². The molecule has 1 N–H and O–H groups in total. The number of sulfone groups is 1. The Morgan fingerprint density at radius 3 is 2.57 bits per heavy atom. The summed E-state index contributed by atoms with van der Waals surface area (Å²) in [6.45, 7) is 1.38. The topological polar surface area (TPSA) is 91.8 Å². The fourth-order valence-electron chi connectivity index (χ4n) is 2.64. The molecule has 1 aliphatic carbocycles. The smallest absolute Gasteiger partial charge is 0.326 e. The van der Waals surface area contributed by atoms with Crippen molar-refractivity contribution in [3.8, 4) is 0 Å². The van der Waals surface area contributed by atoms with Gasteiger partial charge in [0, 0.05) is 13.5 Å². The quantitative estimate of drug-likeness (QED) is 0.843. The first kappa shape index (κ1) is 17.5. The van der Waals surface area contributed by atoms with Crippen molar-refractivity contribution < 1.29 is 23.1 Å². The maximum atomic E-state index is 12.4. The van der Waals surface area contributed by atoms with Crippen LogP contribution >= 0.6 is 0 Å². The second kappa shape index (κ2) is 6.70. The first-order chi connectivity index (χ1) is 10.7. The van der Waals surface area contributed by atoms with E-state index in [9.17, 15) is 18.0 Å².